The molecule has 1 unspecified atom stereocenters. The van der Waals surface area contributed by atoms with Gasteiger partial charge in [-0.3, -0.25) is 5.41 Å². The quantitative estimate of drug-likeness (QED) is 0.610. The maximum absolute atomic E-state index is 10.8. The number of hydrogen-bond acceptors (Lipinski definition) is 4. The topological polar surface area (TPSA) is 95.3 Å². The molecule has 0 aromatic rings. The minimum Gasteiger partial charge on any atom is -0.477 e. The molecule has 0 heterocycles. The highest BCUT2D eigenvalue weighted by Crippen LogP contribution is 2.03. The van der Waals surface area contributed by atoms with E-state index in [1.807, 2.05) is 0 Å². The van der Waals surface area contributed by atoms with Gasteiger partial charge in [-0.15, -0.1) is 0 Å². The summed E-state index contributed by atoms with van der Waals surface area (Å²) in [6.45, 7) is 1.38. The SMILES string of the molecule is CC(CC(=N)C(=O)O)S(C)(=O)=O. The molecule has 0 radical (unpaired) electrons. The first kappa shape index (κ1) is 11.1. The van der Waals surface area contributed by atoms with E-state index in [4.69, 9.17) is 10.5 Å². The van der Waals surface area contributed by atoms with Gasteiger partial charge in [0.25, 0.3) is 0 Å². The lowest BCUT2D eigenvalue weighted by Gasteiger charge is -2.06. The molecule has 12 heavy (non-hydrogen) atoms. The molecule has 0 saturated heterocycles. The standard InChI is InChI=1S/C6H11NO4S/c1-4(12(2,10)11)3-5(7)6(8)9/h4,7H,3H2,1-2H3,(H,8,9). The summed E-state index contributed by atoms with van der Waals surface area (Å²) in [7, 11) is -3.24. The van der Waals surface area contributed by atoms with Crippen molar-refractivity contribution in [3.63, 3.8) is 0 Å². The number of carboxylic acids is 1. The summed E-state index contributed by atoms with van der Waals surface area (Å²) in [5.41, 5.74) is -0.576. The van der Waals surface area contributed by atoms with Gasteiger partial charge in [0.2, 0.25) is 0 Å². The van der Waals surface area contributed by atoms with Crippen LogP contribution < -0.4 is 0 Å². The van der Waals surface area contributed by atoms with Gasteiger partial charge in [-0.25, -0.2) is 13.2 Å². The monoisotopic (exact) mass is 193 g/mol. The number of hydrogen-bond donors (Lipinski definition) is 2. The molecule has 0 spiro atoms. The van der Waals surface area contributed by atoms with E-state index in [9.17, 15) is 13.2 Å². The minimum absolute atomic E-state index is 0.242. The second-order valence-electron chi connectivity index (χ2n) is 2.63. The van der Waals surface area contributed by atoms with Crippen LogP contribution in [0.4, 0.5) is 0 Å². The Kier molecular flexibility index (Phi) is 3.38. The van der Waals surface area contributed by atoms with Crippen molar-refractivity contribution in [1.82, 2.24) is 0 Å². The van der Waals surface area contributed by atoms with Crippen LogP contribution in [0.15, 0.2) is 0 Å². The average Bonchev–Trinajstić information content (AvgIpc) is 1.85. The molecule has 0 bridgehead atoms. The second-order valence-corrected chi connectivity index (χ2v) is 5.09. The van der Waals surface area contributed by atoms with Crippen molar-refractivity contribution >= 4 is 21.5 Å². The van der Waals surface area contributed by atoms with Crippen LogP contribution >= 0.6 is 0 Å². The molecule has 0 saturated carbocycles. The van der Waals surface area contributed by atoms with Crippen LogP contribution in [0.5, 0.6) is 0 Å². The molecular formula is C6H11NO4S. The van der Waals surface area contributed by atoms with E-state index in [1.54, 1.807) is 0 Å². The molecule has 5 nitrogen and oxygen atoms in total. The third kappa shape index (κ3) is 3.47. The Morgan fingerprint density at radius 2 is 2.00 bits per heavy atom. The smallest absolute Gasteiger partial charge is 0.349 e. The van der Waals surface area contributed by atoms with Crippen LogP contribution in [0.1, 0.15) is 13.3 Å². The molecule has 70 valence electrons. The summed E-state index contributed by atoms with van der Waals surface area (Å²) >= 11 is 0. The predicted molar refractivity (Wildman–Crippen MR) is 44.3 cm³/mol. The lowest BCUT2D eigenvalue weighted by Crippen LogP contribution is -2.23. The third-order valence-corrected chi connectivity index (χ3v) is 3.11. The highest BCUT2D eigenvalue weighted by molar-refractivity contribution is 7.91. The summed E-state index contributed by atoms with van der Waals surface area (Å²) in [5, 5.41) is 14.4. The van der Waals surface area contributed by atoms with Crippen LogP contribution in [-0.4, -0.2) is 36.7 Å². The summed E-state index contributed by atoms with van der Waals surface area (Å²) in [6, 6.07) is 0. The molecule has 1 atom stereocenters. The highest BCUT2D eigenvalue weighted by Gasteiger charge is 2.19. The maximum atomic E-state index is 10.8. The number of sulfone groups is 1. The zero-order chi connectivity index (χ0) is 9.94. The van der Waals surface area contributed by atoms with Gasteiger partial charge in [-0.1, -0.05) is 0 Å². The fraction of sp³-hybridized carbons (Fsp3) is 0.667. The van der Waals surface area contributed by atoms with E-state index in [0.29, 0.717) is 0 Å². The average molecular weight is 193 g/mol. The number of carbonyl (C=O) groups is 1. The molecule has 0 aliphatic heterocycles. The van der Waals surface area contributed by atoms with E-state index >= 15 is 0 Å². The van der Waals surface area contributed by atoms with Crippen LogP contribution in [0.3, 0.4) is 0 Å². The summed E-state index contributed by atoms with van der Waals surface area (Å²) < 4.78 is 21.6. The van der Waals surface area contributed by atoms with Crippen LogP contribution in [0.25, 0.3) is 0 Å². The van der Waals surface area contributed by atoms with Crippen molar-refractivity contribution in [2.24, 2.45) is 0 Å². The largest absolute Gasteiger partial charge is 0.477 e. The molecule has 0 aliphatic carbocycles. The van der Waals surface area contributed by atoms with Crippen LogP contribution in [0, 0.1) is 5.41 Å². The number of nitrogens with one attached hydrogen (secondary N) is 1. The van der Waals surface area contributed by atoms with Crippen LogP contribution in [-0.2, 0) is 14.6 Å². The van der Waals surface area contributed by atoms with Crippen molar-refractivity contribution in [3.05, 3.63) is 0 Å². The van der Waals surface area contributed by atoms with Crippen molar-refractivity contribution < 1.29 is 18.3 Å². The highest BCUT2D eigenvalue weighted by atomic mass is 32.2. The number of aliphatic carboxylic acids is 1. The molecule has 2 N–H and O–H groups in total. The normalized spacial score (nSPS) is 13.8. The minimum atomic E-state index is -3.24. The Hall–Kier alpha value is -0.910. The van der Waals surface area contributed by atoms with E-state index in [2.05, 4.69) is 0 Å². The van der Waals surface area contributed by atoms with Gasteiger partial charge in [0, 0.05) is 12.7 Å². The summed E-state index contributed by atoms with van der Waals surface area (Å²) in [4.78, 5) is 10.1. The van der Waals surface area contributed by atoms with Gasteiger partial charge in [-0.2, -0.15) is 0 Å². The van der Waals surface area contributed by atoms with Crippen molar-refractivity contribution in [2.45, 2.75) is 18.6 Å². The molecule has 0 rings (SSSR count). The predicted octanol–water partition coefficient (Wildman–Crippen LogP) is -0.0860. The van der Waals surface area contributed by atoms with Gasteiger partial charge in [0.15, 0.2) is 0 Å². The summed E-state index contributed by atoms with van der Waals surface area (Å²) in [5.74, 6) is -1.37. The lowest BCUT2D eigenvalue weighted by molar-refractivity contribution is -0.129. The number of carboxylic acid groups (broad SMARTS) is 1. The van der Waals surface area contributed by atoms with Gasteiger partial charge in [0.05, 0.1) is 5.25 Å². The molecule has 0 fully saturated rings. The maximum Gasteiger partial charge on any atom is 0.349 e. The van der Waals surface area contributed by atoms with Crippen molar-refractivity contribution in [1.29, 1.82) is 5.41 Å². The Labute approximate surface area is 70.8 Å². The molecule has 0 aromatic carbocycles. The fourth-order valence-electron chi connectivity index (χ4n) is 0.526. The zero-order valence-corrected chi connectivity index (χ0v) is 7.68. The Balaban J connectivity index is 4.31. The zero-order valence-electron chi connectivity index (χ0n) is 6.86. The summed E-state index contributed by atoms with van der Waals surface area (Å²) in [6.07, 6.45) is 0.779. The van der Waals surface area contributed by atoms with Crippen molar-refractivity contribution in [2.75, 3.05) is 6.26 Å². The Morgan fingerprint density at radius 3 is 2.25 bits per heavy atom. The van der Waals surface area contributed by atoms with Gasteiger partial charge >= 0.3 is 5.97 Å². The fourth-order valence-corrected chi connectivity index (χ4v) is 0.996. The van der Waals surface area contributed by atoms with E-state index < -0.39 is 26.8 Å². The van der Waals surface area contributed by atoms with Gasteiger partial charge in [-0.05, 0) is 6.92 Å². The first-order valence-corrected chi connectivity index (χ1v) is 5.20. The van der Waals surface area contributed by atoms with Crippen LogP contribution in [0.2, 0.25) is 0 Å². The van der Waals surface area contributed by atoms with E-state index in [1.165, 1.54) is 6.92 Å². The Bertz CT molecular complexity index is 293. The first-order chi connectivity index (χ1) is 5.25. The lowest BCUT2D eigenvalue weighted by atomic mass is 10.2. The first-order valence-electron chi connectivity index (χ1n) is 3.24. The molecular weight excluding hydrogens is 182 g/mol. The van der Waals surface area contributed by atoms with Gasteiger partial charge in [0.1, 0.15) is 15.5 Å². The molecule has 6 heteroatoms. The van der Waals surface area contributed by atoms with E-state index in [0.717, 1.165) is 6.26 Å². The molecule has 0 aromatic heterocycles. The van der Waals surface area contributed by atoms with E-state index in [-0.39, 0.29) is 6.42 Å². The third-order valence-electron chi connectivity index (χ3n) is 1.48. The second kappa shape index (κ2) is 3.66. The number of rotatable bonds is 4. The van der Waals surface area contributed by atoms with Gasteiger partial charge < -0.3 is 5.11 Å². The Morgan fingerprint density at radius 1 is 1.58 bits per heavy atom. The molecule has 0 amide bonds. The van der Waals surface area contributed by atoms with Crippen molar-refractivity contribution in [3.8, 4) is 0 Å². The molecule has 0 aliphatic rings.